The van der Waals surface area contributed by atoms with Crippen LogP contribution in [0.2, 0.25) is 0 Å². The first-order valence-electron chi connectivity index (χ1n) is 5.91. The predicted octanol–water partition coefficient (Wildman–Crippen LogP) is 2.89. The molecule has 20 heavy (non-hydrogen) atoms. The van der Waals surface area contributed by atoms with Gasteiger partial charge < -0.3 is 15.3 Å². The van der Waals surface area contributed by atoms with E-state index in [0.717, 1.165) is 4.47 Å². The van der Waals surface area contributed by atoms with Gasteiger partial charge in [-0.2, -0.15) is 0 Å². The highest BCUT2D eigenvalue weighted by molar-refractivity contribution is 9.10. The number of hydrogen-bond donors (Lipinski definition) is 3. The van der Waals surface area contributed by atoms with Crippen molar-refractivity contribution in [3.8, 4) is 11.5 Å². The molecule has 0 aliphatic carbocycles. The van der Waals surface area contributed by atoms with Crippen molar-refractivity contribution < 1.29 is 20.1 Å². The molecular formula is C15H13BrO4. The van der Waals surface area contributed by atoms with Crippen molar-refractivity contribution in [1.29, 1.82) is 0 Å². The summed E-state index contributed by atoms with van der Waals surface area (Å²) in [6.45, 7) is 1.06. The summed E-state index contributed by atoms with van der Waals surface area (Å²) < 4.78 is 0.844. The third-order valence-electron chi connectivity index (χ3n) is 3.07. The molecule has 0 spiro atoms. The molecule has 0 unspecified atom stereocenters. The Morgan fingerprint density at radius 1 is 1.15 bits per heavy atom. The number of rotatable bonds is 3. The summed E-state index contributed by atoms with van der Waals surface area (Å²) in [6.07, 6.45) is 0. The van der Waals surface area contributed by atoms with Crippen molar-refractivity contribution in [2.75, 3.05) is 0 Å². The summed E-state index contributed by atoms with van der Waals surface area (Å²) in [5.74, 6) is -0.950. The van der Waals surface area contributed by atoms with Crippen molar-refractivity contribution in [2.24, 2.45) is 0 Å². The maximum absolute atomic E-state index is 12.4. The van der Waals surface area contributed by atoms with Gasteiger partial charge in [-0.05, 0) is 42.8 Å². The lowest BCUT2D eigenvalue weighted by Gasteiger charge is -2.12. The molecule has 0 aliphatic heterocycles. The number of aromatic hydroxyl groups is 2. The van der Waals surface area contributed by atoms with Crippen LogP contribution in [0.1, 0.15) is 27.0 Å². The number of benzene rings is 2. The molecule has 0 fully saturated rings. The molecule has 0 aromatic heterocycles. The Kier molecular flexibility index (Phi) is 4.11. The molecule has 2 aromatic carbocycles. The first kappa shape index (κ1) is 14.6. The van der Waals surface area contributed by atoms with E-state index >= 15 is 0 Å². The van der Waals surface area contributed by atoms with Crippen molar-refractivity contribution in [2.45, 2.75) is 13.5 Å². The van der Waals surface area contributed by atoms with Crippen LogP contribution in [-0.4, -0.2) is 21.1 Å². The lowest BCUT2D eigenvalue weighted by molar-refractivity contribution is 0.103. The quantitative estimate of drug-likeness (QED) is 0.753. The van der Waals surface area contributed by atoms with E-state index in [0.29, 0.717) is 11.1 Å². The lowest BCUT2D eigenvalue weighted by Crippen LogP contribution is -2.04. The lowest BCUT2D eigenvalue weighted by atomic mass is 9.97. The summed E-state index contributed by atoms with van der Waals surface area (Å²) in [7, 11) is 0. The number of hydrogen-bond acceptors (Lipinski definition) is 4. The first-order valence-corrected chi connectivity index (χ1v) is 6.70. The molecule has 0 atom stereocenters. The highest BCUT2D eigenvalue weighted by Crippen LogP contribution is 2.35. The van der Waals surface area contributed by atoms with E-state index in [4.69, 9.17) is 0 Å². The van der Waals surface area contributed by atoms with Crippen molar-refractivity contribution in [1.82, 2.24) is 0 Å². The Bertz CT molecular complexity index is 663. The van der Waals surface area contributed by atoms with Gasteiger partial charge in [-0.1, -0.05) is 15.9 Å². The standard InChI is InChI=1S/C15H13BrO4/c1-8-6-11(15(20)12(7-17)13(8)18)14(19)9-2-4-10(16)5-3-9/h2-6,17-18,20H,7H2,1H3. The van der Waals surface area contributed by atoms with Gasteiger partial charge in [0.1, 0.15) is 11.5 Å². The maximum atomic E-state index is 12.4. The maximum Gasteiger partial charge on any atom is 0.196 e. The summed E-state index contributed by atoms with van der Waals surface area (Å²) in [5, 5.41) is 29.0. The Balaban J connectivity index is 2.55. The van der Waals surface area contributed by atoms with Gasteiger partial charge in [0.2, 0.25) is 0 Å². The molecule has 0 saturated carbocycles. The van der Waals surface area contributed by atoms with Crippen molar-refractivity contribution in [3.05, 3.63) is 57.1 Å². The van der Waals surface area contributed by atoms with E-state index in [9.17, 15) is 20.1 Å². The minimum absolute atomic E-state index is 0.0366. The molecule has 3 N–H and O–H groups in total. The Hall–Kier alpha value is -1.85. The minimum Gasteiger partial charge on any atom is -0.507 e. The van der Waals surface area contributed by atoms with Gasteiger partial charge in [0.25, 0.3) is 0 Å². The SMILES string of the molecule is Cc1cc(C(=O)c2ccc(Br)cc2)c(O)c(CO)c1O. The van der Waals surface area contributed by atoms with Crippen molar-refractivity contribution >= 4 is 21.7 Å². The van der Waals surface area contributed by atoms with Crippen LogP contribution in [-0.2, 0) is 6.61 Å². The molecule has 0 aliphatic rings. The van der Waals surface area contributed by atoms with Gasteiger partial charge in [-0.3, -0.25) is 4.79 Å². The smallest absolute Gasteiger partial charge is 0.196 e. The molecule has 104 valence electrons. The average molecular weight is 337 g/mol. The Morgan fingerprint density at radius 3 is 2.30 bits per heavy atom. The summed E-state index contributed by atoms with van der Waals surface area (Å²) in [4.78, 5) is 12.4. The topological polar surface area (TPSA) is 77.8 Å². The first-order chi connectivity index (χ1) is 9.45. The molecule has 0 bridgehead atoms. The fourth-order valence-corrected chi connectivity index (χ4v) is 2.21. The highest BCUT2D eigenvalue weighted by Gasteiger charge is 2.20. The van der Waals surface area contributed by atoms with E-state index in [1.807, 2.05) is 0 Å². The summed E-state index contributed by atoms with van der Waals surface area (Å²) in [6, 6.07) is 8.13. The normalized spacial score (nSPS) is 10.6. The highest BCUT2D eigenvalue weighted by atomic mass is 79.9. The number of aliphatic hydroxyl groups is 1. The zero-order chi connectivity index (χ0) is 14.9. The van der Waals surface area contributed by atoms with Crippen LogP contribution in [0, 0.1) is 6.92 Å². The molecule has 4 nitrogen and oxygen atoms in total. The zero-order valence-corrected chi connectivity index (χ0v) is 12.3. The second-order valence-corrected chi connectivity index (χ2v) is 5.33. The molecule has 0 radical (unpaired) electrons. The molecule has 2 aromatic rings. The number of carbonyl (C=O) groups is 1. The minimum atomic E-state index is -0.542. The fraction of sp³-hybridized carbons (Fsp3) is 0.133. The van der Waals surface area contributed by atoms with E-state index in [1.54, 1.807) is 31.2 Å². The van der Waals surface area contributed by atoms with Gasteiger partial charge in [0, 0.05) is 10.0 Å². The molecule has 0 amide bonds. The third kappa shape index (κ3) is 2.55. The molecule has 5 heteroatoms. The predicted molar refractivity (Wildman–Crippen MR) is 78.0 cm³/mol. The van der Waals surface area contributed by atoms with Crippen LogP contribution >= 0.6 is 15.9 Å². The summed E-state index contributed by atoms with van der Waals surface area (Å²) in [5.41, 5.74) is 0.863. The van der Waals surface area contributed by atoms with Gasteiger partial charge >= 0.3 is 0 Å². The number of phenols is 2. The zero-order valence-electron chi connectivity index (χ0n) is 10.7. The van der Waals surface area contributed by atoms with Gasteiger partial charge in [-0.15, -0.1) is 0 Å². The summed E-state index contributed by atoms with van der Waals surface area (Å²) >= 11 is 3.28. The van der Waals surface area contributed by atoms with Crippen LogP contribution in [0.3, 0.4) is 0 Å². The van der Waals surface area contributed by atoms with Crippen LogP contribution < -0.4 is 0 Å². The van der Waals surface area contributed by atoms with E-state index in [2.05, 4.69) is 15.9 Å². The number of ketones is 1. The molecule has 0 saturated heterocycles. The van der Waals surface area contributed by atoms with Crippen molar-refractivity contribution in [3.63, 3.8) is 0 Å². The molecule has 2 rings (SSSR count). The van der Waals surface area contributed by atoms with Gasteiger partial charge in [-0.25, -0.2) is 0 Å². The largest absolute Gasteiger partial charge is 0.507 e. The molecular weight excluding hydrogens is 324 g/mol. The monoisotopic (exact) mass is 336 g/mol. The van der Waals surface area contributed by atoms with E-state index in [1.165, 1.54) is 6.07 Å². The van der Waals surface area contributed by atoms with E-state index < -0.39 is 6.61 Å². The fourth-order valence-electron chi connectivity index (χ4n) is 1.95. The second-order valence-electron chi connectivity index (χ2n) is 4.41. The average Bonchev–Trinajstić information content (AvgIpc) is 2.43. The molecule has 0 heterocycles. The van der Waals surface area contributed by atoms with Crippen LogP contribution in [0.25, 0.3) is 0 Å². The number of aliphatic hydroxyl groups excluding tert-OH is 1. The van der Waals surface area contributed by atoms with Crippen LogP contribution in [0.5, 0.6) is 11.5 Å². The second kappa shape index (κ2) is 5.64. The van der Waals surface area contributed by atoms with Gasteiger partial charge in [0.05, 0.1) is 17.7 Å². The number of aryl methyl sites for hydroxylation is 1. The third-order valence-corrected chi connectivity index (χ3v) is 3.60. The Morgan fingerprint density at radius 2 is 1.75 bits per heavy atom. The number of carbonyl (C=O) groups excluding carboxylic acids is 1. The van der Waals surface area contributed by atoms with Crippen LogP contribution in [0.4, 0.5) is 0 Å². The van der Waals surface area contributed by atoms with Gasteiger partial charge in [0.15, 0.2) is 5.78 Å². The number of halogens is 1. The Labute approximate surface area is 124 Å². The van der Waals surface area contributed by atoms with Crippen LogP contribution in [0.15, 0.2) is 34.8 Å². The van der Waals surface area contributed by atoms with E-state index in [-0.39, 0.29) is 28.4 Å².